The molecule has 2 N–H and O–H groups in total. The van der Waals surface area contributed by atoms with E-state index >= 15 is 0 Å². The average molecular weight is 476 g/mol. The fourth-order valence-corrected chi connectivity index (χ4v) is 4.61. The summed E-state index contributed by atoms with van der Waals surface area (Å²) in [6, 6.07) is 20.2. The Morgan fingerprint density at radius 3 is 2.38 bits per heavy atom. The number of hydrogen-bond donors (Lipinski definition) is 2. The van der Waals surface area contributed by atoms with E-state index in [0.29, 0.717) is 12.1 Å². The SMILES string of the molecule is CCCCc1[nH]c(=O)c(Sc2ccc(-c3ccc(F)nc3)cc2)c(O)c1N(C)c1ccccc1. The molecule has 0 unspecified atom stereocenters. The van der Waals surface area contributed by atoms with Crippen LogP contribution in [0.1, 0.15) is 25.5 Å². The highest BCUT2D eigenvalue weighted by atomic mass is 32.2. The molecule has 0 fully saturated rings. The molecule has 0 saturated heterocycles. The number of halogens is 1. The number of rotatable bonds is 8. The largest absolute Gasteiger partial charge is 0.504 e. The first-order chi connectivity index (χ1) is 16.5. The summed E-state index contributed by atoms with van der Waals surface area (Å²) >= 11 is 1.21. The number of nitrogens with zero attached hydrogens (tertiary/aromatic N) is 2. The lowest BCUT2D eigenvalue weighted by Gasteiger charge is -2.24. The second kappa shape index (κ2) is 10.6. The maximum absolute atomic E-state index is 13.1. The Morgan fingerprint density at radius 1 is 1.03 bits per heavy atom. The summed E-state index contributed by atoms with van der Waals surface area (Å²) in [5.74, 6) is -0.553. The van der Waals surface area contributed by atoms with E-state index in [9.17, 15) is 14.3 Å². The molecule has 174 valence electrons. The summed E-state index contributed by atoms with van der Waals surface area (Å²) < 4.78 is 13.1. The number of aromatic nitrogens is 2. The second-order valence-corrected chi connectivity index (χ2v) is 9.04. The fraction of sp³-hybridized carbons (Fsp3) is 0.185. The van der Waals surface area contributed by atoms with Crippen LogP contribution in [0.15, 0.2) is 87.5 Å². The van der Waals surface area contributed by atoms with Gasteiger partial charge in [-0.2, -0.15) is 4.39 Å². The Morgan fingerprint density at radius 2 is 1.74 bits per heavy atom. The highest BCUT2D eigenvalue weighted by molar-refractivity contribution is 7.99. The lowest BCUT2D eigenvalue weighted by molar-refractivity contribution is 0.459. The van der Waals surface area contributed by atoms with Crippen molar-refractivity contribution in [1.82, 2.24) is 9.97 Å². The van der Waals surface area contributed by atoms with Crippen LogP contribution in [0.5, 0.6) is 5.75 Å². The molecule has 2 aromatic carbocycles. The topological polar surface area (TPSA) is 69.2 Å². The van der Waals surface area contributed by atoms with Crippen molar-refractivity contribution < 1.29 is 9.50 Å². The Kier molecular flexibility index (Phi) is 7.33. The molecule has 0 amide bonds. The lowest BCUT2D eigenvalue weighted by Crippen LogP contribution is -2.19. The summed E-state index contributed by atoms with van der Waals surface area (Å²) in [7, 11) is 1.89. The number of unbranched alkanes of at least 4 members (excludes halogenated alkanes) is 1. The van der Waals surface area contributed by atoms with Gasteiger partial charge in [0.15, 0.2) is 5.75 Å². The second-order valence-electron chi connectivity index (χ2n) is 7.95. The number of aromatic hydroxyl groups is 1. The Labute approximate surface area is 202 Å². The van der Waals surface area contributed by atoms with Gasteiger partial charge in [0.25, 0.3) is 5.56 Å². The highest BCUT2D eigenvalue weighted by Crippen LogP contribution is 2.42. The standard InChI is InChI=1S/C27H26FN3O2S/c1-3-4-10-22-24(31(2)20-8-6-5-7-9-20)25(32)26(27(33)30-22)34-21-14-11-18(12-15-21)19-13-16-23(28)29-17-19/h5-9,11-17H,3-4,10H2,1-2H3,(H2,30,32,33). The maximum Gasteiger partial charge on any atom is 0.266 e. The van der Waals surface area contributed by atoms with Gasteiger partial charge in [0, 0.05) is 35.1 Å². The van der Waals surface area contributed by atoms with E-state index < -0.39 is 5.95 Å². The average Bonchev–Trinajstić information content (AvgIpc) is 2.86. The molecule has 0 aliphatic heterocycles. The third kappa shape index (κ3) is 5.15. The van der Waals surface area contributed by atoms with Crippen LogP contribution in [0.4, 0.5) is 15.8 Å². The zero-order valence-electron chi connectivity index (χ0n) is 19.1. The Balaban J connectivity index is 1.69. The molecule has 0 atom stereocenters. The molecule has 0 aliphatic rings. The van der Waals surface area contributed by atoms with Crippen molar-refractivity contribution in [2.75, 3.05) is 11.9 Å². The molecular weight excluding hydrogens is 449 g/mol. The quantitative estimate of drug-likeness (QED) is 0.283. The van der Waals surface area contributed by atoms with Gasteiger partial charge in [-0.05, 0) is 54.8 Å². The number of benzene rings is 2. The van der Waals surface area contributed by atoms with Gasteiger partial charge in [0.05, 0.1) is 0 Å². The van der Waals surface area contributed by atoms with Crippen LogP contribution in [-0.2, 0) is 6.42 Å². The van der Waals surface area contributed by atoms with Gasteiger partial charge in [-0.25, -0.2) is 4.98 Å². The number of H-pyrrole nitrogens is 1. The minimum absolute atomic E-state index is 0.0296. The zero-order chi connectivity index (χ0) is 24.1. The normalized spacial score (nSPS) is 10.9. The predicted molar refractivity (Wildman–Crippen MR) is 136 cm³/mol. The monoisotopic (exact) mass is 475 g/mol. The van der Waals surface area contributed by atoms with E-state index in [1.54, 1.807) is 6.07 Å². The maximum atomic E-state index is 13.1. The Bertz CT molecular complexity index is 1310. The van der Waals surface area contributed by atoms with Crippen molar-refractivity contribution in [3.8, 4) is 16.9 Å². The van der Waals surface area contributed by atoms with Gasteiger partial charge in [-0.3, -0.25) is 4.79 Å². The molecular formula is C27H26FN3O2S. The van der Waals surface area contributed by atoms with Gasteiger partial charge in [0.1, 0.15) is 10.6 Å². The number of pyridine rings is 2. The molecule has 4 rings (SSSR count). The van der Waals surface area contributed by atoms with Crippen molar-refractivity contribution in [3.63, 3.8) is 0 Å². The van der Waals surface area contributed by atoms with Gasteiger partial charge >= 0.3 is 0 Å². The molecule has 4 aromatic rings. The van der Waals surface area contributed by atoms with Crippen molar-refractivity contribution in [2.24, 2.45) is 0 Å². The minimum atomic E-state index is -0.524. The highest BCUT2D eigenvalue weighted by Gasteiger charge is 2.22. The smallest absolute Gasteiger partial charge is 0.266 e. The van der Waals surface area contributed by atoms with Crippen LogP contribution in [0.2, 0.25) is 0 Å². The molecule has 7 heteroatoms. The number of anilines is 2. The third-order valence-corrected chi connectivity index (χ3v) is 6.68. The van der Waals surface area contributed by atoms with Gasteiger partial charge in [0.2, 0.25) is 5.95 Å². The van der Waals surface area contributed by atoms with Gasteiger partial charge in [-0.1, -0.05) is 55.4 Å². The molecule has 2 heterocycles. The van der Waals surface area contributed by atoms with E-state index in [1.807, 2.05) is 66.5 Å². The van der Waals surface area contributed by atoms with Crippen LogP contribution < -0.4 is 10.5 Å². The van der Waals surface area contributed by atoms with E-state index in [0.717, 1.165) is 40.2 Å². The summed E-state index contributed by atoms with van der Waals surface area (Å²) in [6.07, 6.45) is 4.02. The number of para-hydroxylation sites is 1. The first-order valence-electron chi connectivity index (χ1n) is 11.1. The molecule has 0 radical (unpaired) electrons. The van der Waals surface area contributed by atoms with E-state index in [2.05, 4.69) is 16.9 Å². The van der Waals surface area contributed by atoms with Crippen LogP contribution in [0, 0.1) is 5.95 Å². The molecule has 0 bridgehead atoms. The van der Waals surface area contributed by atoms with Crippen molar-refractivity contribution in [2.45, 2.75) is 36.0 Å². The van der Waals surface area contributed by atoms with Crippen LogP contribution in [-0.4, -0.2) is 22.1 Å². The van der Waals surface area contributed by atoms with Crippen LogP contribution in [0.25, 0.3) is 11.1 Å². The lowest BCUT2D eigenvalue weighted by atomic mass is 10.1. The first-order valence-corrected chi connectivity index (χ1v) is 12.0. The molecule has 5 nitrogen and oxygen atoms in total. The van der Waals surface area contributed by atoms with Crippen molar-refractivity contribution in [3.05, 3.63) is 94.9 Å². The van der Waals surface area contributed by atoms with Crippen LogP contribution >= 0.6 is 11.8 Å². The van der Waals surface area contributed by atoms with Crippen LogP contribution in [0.3, 0.4) is 0 Å². The van der Waals surface area contributed by atoms with Gasteiger partial charge < -0.3 is 15.0 Å². The number of aryl methyl sites for hydroxylation is 1. The van der Waals surface area contributed by atoms with Crippen molar-refractivity contribution in [1.29, 1.82) is 0 Å². The molecule has 0 aliphatic carbocycles. The summed E-state index contributed by atoms with van der Waals surface area (Å²) in [4.78, 5) is 22.6. The number of nitrogens with one attached hydrogen (secondary N) is 1. The molecule has 34 heavy (non-hydrogen) atoms. The van der Waals surface area contributed by atoms with Gasteiger partial charge in [-0.15, -0.1) is 0 Å². The zero-order valence-corrected chi connectivity index (χ0v) is 19.9. The minimum Gasteiger partial charge on any atom is -0.504 e. The number of aromatic amines is 1. The summed E-state index contributed by atoms with van der Waals surface area (Å²) in [6.45, 7) is 2.09. The molecule has 0 spiro atoms. The first kappa shape index (κ1) is 23.6. The number of hydrogen-bond acceptors (Lipinski definition) is 5. The van der Waals surface area contributed by atoms with Crippen molar-refractivity contribution >= 4 is 23.1 Å². The third-order valence-electron chi connectivity index (χ3n) is 5.59. The Hall–Kier alpha value is -3.58. The summed E-state index contributed by atoms with van der Waals surface area (Å²) in [5.41, 5.74) is 3.61. The molecule has 2 aromatic heterocycles. The van der Waals surface area contributed by atoms with E-state index in [-0.39, 0.29) is 16.2 Å². The fourth-order valence-electron chi connectivity index (χ4n) is 3.76. The summed E-state index contributed by atoms with van der Waals surface area (Å²) in [5, 5.41) is 11.3. The van der Waals surface area contributed by atoms with E-state index in [4.69, 9.17) is 0 Å². The molecule has 0 saturated carbocycles. The van der Waals surface area contributed by atoms with E-state index in [1.165, 1.54) is 24.0 Å². The predicted octanol–water partition coefficient (Wildman–Crippen LogP) is 6.54.